The molecule has 7 heteroatoms. The molecule has 3 aromatic rings. The van der Waals surface area contributed by atoms with Crippen LogP contribution in [0.3, 0.4) is 0 Å². The van der Waals surface area contributed by atoms with Crippen LogP contribution in [0.25, 0.3) is 5.65 Å². The van der Waals surface area contributed by atoms with Gasteiger partial charge in [0.05, 0.1) is 0 Å². The van der Waals surface area contributed by atoms with Crippen molar-refractivity contribution in [2.75, 3.05) is 20.6 Å². The van der Waals surface area contributed by atoms with Crippen LogP contribution in [0.4, 0.5) is 0 Å². The lowest BCUT2D eigenvalue weighted by Crippen LogP contribution is -2.39. The zero-order valence-corrected chi connectivity index (χ0v) is 15.8. The summed E-state index contributed by atoms with van der Waals surface area (Å²) in [5.74, 6) is 1.83. The van der Waals surface area contributed by atoms with Gasteiger partial charge in [-0.15, -0.1) is 10.2 Å². The van der Waals surface area contributed by atoms with Crippen LogP contribution in [-0.2, 0) is 13.0 Å². The highest BCUT2D eigenvalue weighted by Crippen LogP contribution is 2.12. The zero-order chi connectivity index (χ0) is 18.4. The summed E-state index contributed by atoms with van der Waals surface area (Å²) in [4.78, 5) is 6.44. The van der Waals surface area contributed by atoms with E-state index in [9.17, 15) is 0 Å². The van der Waals surface area contributed by atoms with Gasteiger partial charge in [-0.1, -0.05) is 29.8 Å². The molecule has 0 atom stereocenters. The fraction of sp³-hybridized carbons (Fsp3) is 0.316. The van der Waals surface area contributed by atoms with Crippen LogP contribution >= 0.6 is 11.6 Å². The monoisotopic (exact) mass is 370 g/mol. The van der Waals surface area contributed by atoms with E-state index in [-0.39, 0.29) is 0 Å². The molecule has 2 heterocycles. The first kappa shape index (κ1) is 18.2. The molecule has 26 heavy (non-hydrogen) atoms. The predicted octanol–water partition coefficient (Wildman–Crippen LogP) is 3.02. The minimum atomic E-state index is 0.745. The number of hydrogen-bond acceptors (Lipinski definition) is 3. The Morgan fingerprint density at radius 1 is 1.23 bits per heavy atom. The van der Waals surface area contributed by atoms with Gasteiger partial charge >= 0.3 is 0 Å². The molecule has 0 radical (unpaired) electrons. The molecular formula is C19H23ClN6. The van der Waals surface area contributed by atoms with Crippen LogP contribution in [-0.4, -0.2) is 46.1 Å². The van der Waals surface area contributed by atoms with E-state index in [1.807, 2.05) is 54.0 Å². The van der Waals surface area contributed by atoms with Crippen LogP contribution in [0.2, 0.25) is 5.02 Å². The van der Waals surface area contributed by atoms with E-state index in [0.29, 0.717) is 0 Å². The largest absolute Gasteiger partial charge is 0.356 e. The molecule has 1 aromatic carbocycles. The Hall–Kier alpha value is -2.60. The number of fused-ring (bicyclic) bond motifs is 1. The Morgan fingerprint density at radius 2 is 2.12 bits per heavy atom. The molecule has 1 N–H and O–H groups in total. The number of nitrogens with zero attached hydrogens (tertiary/aromatic N) is 5. The summed E-state index contributed by atoms with van der Waals surface area (Å²) >= 11 is 6.06. The Balaban J connectivity index is 1.49. The van der Waals surface area contributed by atoms with Gasteiger partial charge in [-0.3, -0.25) is 9.39 Å². The van der Waals surface area contributed by atoms with Crippen LogP contribution in [0.1, 0.15) is 17.8 Å². The first-order chi connectivity index (χ1) is 12.7. The van der Waals surface area contributed by atoms with Crippen molar-refractivity contribution in [3.63, 3.8) is 0 Å². The highest BCUT2D eigenvalue weighted by molar-refractivity contribution is 6.30. The molecule has 0 fully saturated rings. The molecule has 0 aliphatic heterocycles. The van der Waals surface area contributed by atoms with E-state index < -0.39 is 0 Å². The zero-order valence-electron chi connectivity index (χ0n) is 15.1. The number of aliphatic imine (C=N–C) groups is 1. The van der Waals surface area contributed by atoms with Crippen LogP contribution in [0.5, 0.6) is 0 Å². The van der Waals surface area contributed by atoms with Gasteiger partial charge in [0.2, 0.25) is 0 Å². The molecule has 0 unspecified atom stereocenters. The average Bonchev–Trinajstić information content (AvgIpc) is 3.05. The summed E-state index contributed by atoms with van der Waals surface area (Å²) in [7, 11) is 3.81. The first-order valence-corrected chi connectivity index (χ1v) is 9.00. The molecule has 136 valence electrons. The Kier molecular flexibility index (Phi) is 6.07. The highest BCUT2D eigenvalue weighted by atomic mass is 35.5. The van der Waals surface area contributed by atoms with Crippen molar-refractivity contribution in [2.45, 2.75) is 19.4 Å². The minimum Gasteiger partial charge on any atom is -0.356 e. The second-order valence-electron chi connectivity index (χ2n) is 6.11. The fourth-order valence-corrected chi connectivity index (χ4v) is 3.09. The van der Waals surface area contributed by atoms with Crippen molar-refractivity contribution in [2.24, 2.45) is 4.99 Å². The van der Waals surface area contributed by atoms with Crippen molar-refractivity contribution >= 4 is 23.2 Å². The maximum atomic E-state index is 6.06. The van der Waals surface area contributed by atoms with Gasteiger partial charge in [-0.2, -0.15) is 0 Å². The summed E-state index contributed by atoms with van der Waals surface area (Å²) in [5.41, 5.74) is 2.03. The van der Waals surface area contributed by atoms with Gasteiger partial charge in [0.25, 0.3) is 0 Å². The maximum absolute atomic E-state index is 6.06. The lowest BCUT2D eigenvalue weighted by molar-refractivity contribution is 0.475. The second-order valence-corrected chi connectivity index (χ2v) is 6.55. The topological polar surface area (TPSA) is 57.8 Å². The molecule has 2 aromatic heterocycles. The first-order valence-electron chi connectivity index (χ1n) is 8.62. The number of guanidine groups is 1. The summed E-state index contributed by atoms with van der Waals surface area (Å²) < 4.78 is 2.03. The lowest BCUT2D eigenvalue weighted by Gasteiger charge is -2.22. The van der Waals surface area contributed by atoms with Crippen molar-refractivity contribution in [1.82, 2.24) is 24.8 Å². The van der Waals surface area contributed by atoms with Gasteiger partial charge in [-0.05, 0) is 36.2 Å². The van der Waals surface area contributed by atoms with Crippen LogP contribution in [0.15, 0.2) is 53.7 Å². The van der Waals surface area contributed by atoms with E-state index >= 15 is 0 Å². The number of nitrogens with one attached hydrogen (secondary N) is 1. The van der Waals surface area contributed by atoms with E-state index in [2.05, 4.69) is 31.5 Å². The quantitative estimate of drug-likeness (QED) is 0.411. The Morgan fingerprint density at radius 3 is 2.92 bits per heavy atom. The molecule has 0 saturated heterocycles. The van der Waals surface area contributed by atoms with E-state index in [1.165, 1.54) is 0 Å². The number of aromatic nitrogens is 3. The number of halogens is 1. The third kappa shape index (κ3) is 4.52. The lowest BCUT2D eigenvalue weighted by atomic mass is 10.2. The molecule has 0 aliphatic carbocycles. The number of rotatable bonds is 6. The maximum Gasteiger partial charge on any atom is 0.193 e. The Labute approximate surface area is 158 Å². The van der Waals surface area contributed by atoms with E-state index in [4.69, 9.17) is 11.6 Å². The van der Waals surface area contributed by atoms with Gasteiger partial charge in [-0.25, -0.2) is 0 Å². The van der Waals surface area contributed by atoms with Crippen molar-refractivity contribution in [1.29, 1.82) is 0 Å². The van der Waals surface area contributed by atoms with Gasteiger partial charge < -0.3 is 10.2 Å². The highest BCUT2D eigenvalue weighted by Gasteiger charge is 2.08. The summed E-state index contributed by atoms with van der Waals surface area (Å²) in [5, 5.41) is 12.6. The van der Waals surface area contributed by atoms with Crippen molar-refractivity contribution in [3.8, 4) is 0 Å². The molecular weight excluding hydrogens is 348 g/mol. The van der Waals surface area contributed by atoms with Crippen molar-refractivity contribution in [3.05, 3.63) is 65.1 Å². The van der Waals surface area contributed by atoms with Gasteiger partial charge in [0.1, 0.15) is 5.82 Å². The molecule has 0 spiro atoms. The average molecular weight is 371 g/mol. The van der Waals surface area contributed by atoms with Crippen LogP contribution < -0.4 is 5.32 Å². The summed E-state index contributed by atoms with van der Waals surface area (Å²) in [6.07, 6.45) is 3.79. The third-order valence-corrected chi connectivity index (χ3v) is 4.36. The van der Waals surface area contributed by atoms with Crippen LogP contribution in [0, 0.1) is 0 Å². The van der Waals surface area contributed by atoms with Crippen molar-refractivity contribution < 1.29 is 0 Å². The van der Waals surface area contributed by atoms with Gasteiger partial charge in [0.15, 0.2) is 11.6 Å². The standard InChI is InChI=1S/C19H23ClN6/c1-21-19(25(2)14-15-7-5-8-16(20)13-15)22-11-6-10-18-24-23-17-9-3-4-12-26(17)18/h3-5,7-9,12-13H,6,10-11,14H2,1-2H3,(H,21,22). The van der Waals surface area contributed by atoms with E-state index in [0.717, 1.165) is 53.9 Å². The number of pyridine rings is 1. The fourth-order valence-electron chi connectivity index (χ4n) is 2.88. The normalized spacial score (nSPS) is 11.7. The number of hydrogen-bond donors (Lipinski definition) is 1. The molecule has 3 rings (SSSR count). The second kappa shape index (κ2) is 8.67. The summed E-state index contributed by atoms with van der Waals surface area (Å²) in [6, 6.07) is 13.8. The molecule has 0 saturated carbocycles. The third-order valence-electron chi connectivity index (χ3n) is 4.13. The molecule has 0 bridgehead atoms. The predicted molar refractivity (Wildman–Crippen MR) is 106 cm³/mol. The molecule has 6 nitrogen and oxygen atoms in total. The summed E-state index contributed by atoms with van der Waals surface area (Å²) in [6.45, 7) is 1.56. The molecule has 0 amide bonds. The smallest absolute Gasteiger partial charge is 0.193 e. The Bertz CT molecular complexity index is 888. The van der Waals surface area contributed by atoms with E-state index in [1.54, 1.807) is 7.05 Å². The minimum absolute atomic E-state index is 0.745. The number of aryl methyl sites for hydroxylation is 1. The SMILES string of the molecule is CN=C(NCCCc1nnc2ccccn12)N(C)Cc1cccc(Cl)c1. The number of benzene rings is 1. The van der Waals surface area contributed by atoms with Gasteiger partial charge in [0, 0.05) is 44.8 Å². The molecule has 0 aliphatic rings.